The third-order valence-corrected chi connectivity index (χ3v) is 6.27. The second kappa shape index (κ2) is 13.0. The number of amides is 1. The van der Waals surface area contributed by atoms with Gasteiger partial charge in [-0.05, 0) is 65.1 Å². The van der Waals surface area contributed by atoms with Crippen molar-refractivity contribution in [1.29, 1.82) is 0 Å². The van der Waals surface area contributed by atoms with Crippen LogP contribution in [-0.2, 0) is 17.7 Å². The molecule has 0 bridgehead atoms. The Balaban J connectivity index is 1.60. The molecule has 1 aromatic heterocycles. The highest BCUT2D eigenvalue weighted by Gasteiger charge is 2.20. The van der Waals surface area contributed by atoms with E-state index in [2.05, 4.69) is 15.6 Å². The number of aromatic nitrogens is 1. The molecule has 1 atom stereocenters. The smallest absolute Gasteiger partial charge is 0.336 e. The summed E-state index contributed by atoms with van der Waals surface area (Å²) in [5.74, 6) is -1.51. The van der Waals surface area contributed by atoms with E-state index in [4.69, 9.17) is 9.84 Å². The zero-order chi connectivity index (χ0) is 27.8. The number of hydrogen-bond acceptors (Lipinski definition) is 7. The van der Waals surface area contributed by atoms with Crippen molar-refractivity contribution in [2.24, 2.45) is 0 Å². The third-order valence-electron chi connectivity index (χ3n) is 6.27. The van der Waals surface area contributed by atoms with Gasteiger partial charge in [0.25, 0.3) is 5.91 Å². The predicted octanol–water partition coefficient (Wildman–Crippen LogP) is 3.38. The minimum absolute atomic E-state index is 0.00332. The second-order valence-electron chi connectivity index (χ2n) is 9.19. The van der Waals surface area contributed by atoms with E-state index in [-0.39, 0.29) is 36.3 Å². The lowest BCUT2D eigenvalue weighted by Crippen LogP contribution is -2.40. The monoisotopic (exact) mass is 529 g/mol. The number of aromatic hydroxyl groups is 1. The number of methoxy groups -OCH3 is 1. The Labute approximate surface area is 226 Å². The van der Waals surface area contributed by atoms with Crippen LogP contribution in [0.25, 0.3) is 22.0 Å². The van der Waals surface area contributed by atoms with Gasteiger partial charge in [0.1, 0.15) is 11.4 Å². The Morgan fingerprint density at radius 3 is 2.46 bits per heavy atom. The van der Waals surface area contributed by atoms with Crippen molar-refractivity contribution in [3.63, 3.8) is 0 Å². The van der Waals surface area contributed by atoms with Gasteiger partial charge in [0.05, 0.1) is 30.3 Å². The molecule has 4 aromatic rings. The maximum absolute atomic E-state index is 13.1. The van der Waals surface area contributed by atoms with Gasteiger partial charge in [0.2, 0.25) is 0 Å². The topological polar surface area (TPSA) is 141 Å². The van der Waals surface area contributed by atoms with Crippen LogP contribution in [0.5, 0.6) is 5.75 Å². The van der Waals surface area contributed by atoms with E-state index in [1.54, 1.807) is 36.4 Å². The van der Waals surface area contributed by atoms with E-state index >= 15 is 0 Å². The van der Waals surface area contributed by atoms with Gasteiger partial charge >= 0.3 is 5.97 Å². The maximum Gasteiger partial charge on any atom is 0.336 e. The van der Waals surface area contributed by atoms with Crippen LogP contribution in [0, 0.1) is 0 Å². The summed E-state index contributed by atoms with van der Waals surface area (Å²) in [4.78, 5) is 29.8. The third kappa shape index (κ3) is 7.17. The minimum atomic E-state index is -1.16. The Kier molecular flexibility index (Phi) is 9.22. The quantitative estimate of drug-likeness (QED) is 0.176. The van der Waals surface area contributed by atoms with Gasteiger partial charge in [-0.2, -0.15) is 0 Å². The number of ether oxygens (including phenoxy) is 1. The van der Waals surface area contributed by atoms with Gasteiger partial charge in [0.15, 0.2) is 0 Å². The van der Waals surface area contributed by atoms with Gasteiger partial charge in [-0.15, -0.1) is 0 Å². The summed E-state index contributed by atoms with van der Waals surface area (Å²) in [5.41, 5.74) is 4.03. The van der Waals surface area contributed by atoms with E-state index in [1.807, 2.05) is 30.3 Å². The standard InChI is InChI=1S/C30H31N3O6/c1-39-18-23(14-19-5-8-24(35)9-6-19)32-29(36)28-16-26(30(37)38)25-15-22(7-10-27(25)33-28)21-4-2-3-20(13-21)17-31-11-12-34/h2-10,13,15-16,23,31,34-35H,11-12,14,17-18H2,1H3,(H,32,36)(H,37,38)/t23-/m0/s1. The van der Waals surface area contributed by atoms with Gasteiger partial charge in [-0.1, -0.05) is 36.4 Å². The molecular formula is C30H31N3O6. The maximum atomic E-state index is 13.1. The number of benzene rings is 3. The number of carboxylic acids is 1. The molecule has 9 nitrogen and oxygen atoms in total. The van der Waals surface area contributed by atoms with E-state index in [9.17, 15) is 19.8 Å². The lowest BCUT2D eigenvalue weighted by Gasteiger charge is -2.18. The first kappa shape index (κ1) is 27.7. The molecule has 0 aliphatic heterocycles. The molecule has 1 amide bonds. The average Bonchev–Trinajstić information content (AvgIpc) is 2.93. The number of aromatic carboxylic acids is 1. The predicted molar refractivity (Wildman–Crippen MR) is 148 cm³/mol. The zero-order valence-electron chi connectivity index (χ0n) is 21.6. The Morgan fingerprint density at radius 1 is 0.974 bits per heavy atom. The molecule has 4 rings (SSSR count). The number of aliphatic hydroxyl groups is 1. The highest BCUT2D eigenvalue weighted by Crippen LogP contribution is 2.27. The summed E-state index contributed by atoms with van der Waals surface area (Å²) in [6.45, 7) is 1.39. The van der Waals surface area contributed by atoms with Gasteiger partial charge < -0.3 is 30.7 Å². The summed E-state index contributed by atoms with van der Waals surface area (Å²) in [5, 5.41) is 34.9. The number of nitrogens with one attached hydrogen (secondary N) is 2. The van der Waals surface area contributed by atoms with E-state index in [1.165, 1.54) is 13.2 Å². The first-order valence-corrected chi connectivity index (χ1v) is 12.5. The van der Waals surface area contributed by atoms with Crippen LogP contribution < -0.4 is 10.6 Å². The molecular weight excluding hydrogens is 498 g/mol. The van der Waals surface area contributed by atoms with Crippen LogP contribution in [0.3, 0.4) is 0 Å². The summed E-state index contributed by atoms with van der Waals surface area (Å²) in [7, 11) is 1.53. The molecule has 1 heterocycles. The van der Waals surface area contributed by atoms with Crippen molar-refractivity contribution in [2.75, 3.05) is 26.9 Å². The fourth-order valence-electron chi connectivity index (χ4n) is 4.40. The van der Waals surface area contributed by atoms with Crippen molar-refractivity contribution < 1.29 is 29.6 Å². The molecule has 5 N–H and O–H groups in total. The Morgan fingerprint density at radius 2 is 1.74 bits per heavy atom. The molecule has 0 fully saturated rings. The van der Waals surface area contributed by atoms with Crippen LogP contribution in [0.4, 0.5) is 0 Å². The number of fused-ring (bicyclic) bond motifs is 1. The summed E-state index contributed by atoms with van der Waals surface area (Å²) in [6, 6.07) is 20.8. The lowest BCUT2D eigenvalue weighted by atomic mass is 9.98. The van der Waals surface area contributed by atoms with Gasteiger partial charge in [-0.25, -0.2) is 9.78 Å². The number of carbonyl (C=O) groups is 2. The fourth-order valence-corrected chi connectivity index (χ4v) is 4.40. The molecule has 0 saturated heterocycles. The summed E-state index contributed by atoms with van der Waals surface area (Å²) >= 11 is 0. The summed E-state index contributed by atoms with van der Waals surface area (Å²) < 4.78 is 5.27. The van der Waals surface area contributed by atoms with Crippen molar-refractivity contribution >= 4 is 22.8 Å². The van der Waals surface area contributed by atoms with Crippen molar-refractivity contribution in [2.45, 2.75) is 19.0 Å². The molecule has 9 heteroatoms. The van der Waals surface area contributed by atoms with E-state index < -0.39 is 11.9 Å². The second-order valence-corrected chi connectivity index (χ2v) is 9.19. The van der Waals surface area contributed by atoms with Crippen LogP contribution >= 0.6 is 0 Å². The van der Waals surface area contributed by atoms with Crippen LogP contribution in [0.15, 0.2) is 72.8 Å². The van der Waals surface area contributed by atoms with Crippen molar-refractivity contribution in [3.8, 4) is 16.9 Å². The average molecular weight is 530 g/mol. The summed E-state index contributed by atoms with van der Waals surface area (Å²) in [6.07, 6.45) is 0.456. The first-order valence-electron chi connectivity index (χ1n) is 12.5. The van der Waals surface area contributed by atoms with Crippen molar-refractivity contribution in [1.82, 2.24) is 15.6 Å². The number of nitrogens with zero attached hydrogens (tertiary/aromatic N) is 1. The highest BCUT2D eigenvalue weighted by atomic mass is 16.5. The van der Waals surface area contributed by atoms with Crippen molar-refractivity contribution in [3.05, 3.63) is 95.2 Å². The number of rotatable bonds is 12. The number of carboxylic acid groups (broad SMARTS) is 1. The molecule has 0 unspecified atom stereocenters. The fraction of sp³-hybridized carbons (Fsp3) is 0.233. The molecule has 0 spiro atoms. The number of hydrogen-bond donors (Lipinski definition) is 5. The van der Waals surface area contributed by atoms with Gasteiger partial charge in [-0.3, -0.25) is 4.79 Å². The Hall–Kier alpha value is -4.31. The molecule has 0 aliphatic rings. The normalized spacial score (nSPS) is 11.8. The van der Waals surface area contributed by atoms with E-state index in [0.29, 0.717) is 30.4 Å². The Bertz CT molecular complexity index is 1460. The molecule has 0 saturated carbocycles. The van der Waals surface area contributed by atoms with Crippen LogP contribution in [-0.4, -0.2) is 65.1 Å². The van der Waals surface area contributed by atoms with Crippen LogP contribution in [0.1, 0.15) is 32.0 Å². The molecule has 0 aliphatic carbocycles. The van der Waals surface area contributed by atoms with Gasteiger partial charge in [0, 0.05) is 25.6 Å². The SMILES string of the molecule is COC[C@H](Cc1ccc(O)cc1)NC(=O)c1cc(C(=O)O)c2cc(-c3cccc(CNCCO)c3)ccc2n1. The zero-order valence-corrected chi connectivity index (χ0v) is 21.6. The number of phenols is 1. The number of pyridine rings is 1. The lowest BCUT2D eigenvalue weighted by molar-refractivity contribution is 0.0699. The number of carbonyl (C=O) groups excluding carboxylic acids is 1. The first-order chi connectivity index (χ1) is 18.9. The van der Waals surface area contributed by atoms with E-state index in [0.717, 1.165) is 22.3 Å². The van der Waals surface area contributed by atoms with Crippen LogP contribution in [0.2, 0.25) is 0 Å². The molecule has 0 radical (unpaired) electrons. The number of aliphatic hydroxyl groups excluding tert-OH is 1. The molecule has 39 heavy (non-hydrogen) atoms. The number of phenolic OH excluding ortho intramolecular Hbond substituents is 1. The largest absolute Gasteiger partial charge is 0.508 e. The highest BCUT2D eigenvalue weighted by molar-refractivity contribution is 6.06. The minimum Gasteiger partial charge on any atom is -0.508 e. The molecule has 3 aromatic carbocycles. The molecule has 202 valence electrons.